The molecule has 0 saturated heterocycles. The number of esters is 3. The smallest absolute Gasteiger partial charge is 0.334 e. The van der Waals surface area contributed by atoms with Gasteiger partial charge in [-0.25, -0.2) is 9.59 Å². The molecule has 0 saturated carbocycles. The largest absolute Gasteiger partial charge is 0.469 e. The first kappa shape index (κ1) is 21.1. The molecule has 0 amide bonds. The predicted octanol–water partition coefficient (Wildman–Crippen LogP) is 2.80. The van der Waals surface area contributed by atoms with E-state index in [1.165, 1.54) is 21.3 Å². The Morgan fingerprint density at radius 1 is 0.826 bits per heavy atom. The van der Waals surface area contributed by atoms with E-state index in [0.29, 0.717) is 12.3 Å². The van der Waals surface area contributed by atoms with Crippen LogP contribution in [0.4, 0.5) is 0 Å². The topological polar surface area (TPSA) is 78.9 Å². The molecule has 0 bridgehead atoms. The van der Waals surface area contributed by atoms with Crippen molar-refractivity contribution in [3.8, 4) is 0 Å². The highest BCUT2D eigenvalue weighted by Crippen LogP contribution is 2.24. The molecule has 0 aromatic carbocycles. The van der Waals surface area contributed by atoms with E-state index in [2.05, 4.69) is 18.6 Å². The summed E-state index contributed by atoms with van der Waals surface area (Å²) < 4.78 is 14.1. The van der Waals surface area contributed by atoms with Crippen molar-refractivity contribution in [1.82, 2.24) is 0 Å². The average molecular weight is 328 g/mol. The van der Waals surface area contributed by atoms with Gasteiger partial charge in [0.25, 0.3) is 0 Å². The molecule has 132 valence electrons. The summed E-state index contributed by atoms with van der Waals surface area (Å²) in [5, 5.41) is 0. The summed E-state index contributed by atoms with van der Waals surface area (Å²) in [5.74, 6) is -1.47. The Morgan fingerprint density at radius 3 is 1.83 bits per heavy atom. The maximum atomic E-state index is 12.1. The van der Waals surface area contributed by atoms with Crippen LogP contribution in [-0.2, 0) is 28.6 Å². The maximum Gasteiger partial charge on any atom is 0.334 e. The molecule has 23 heavy (non-hydrogen) atoms. The molecule has 0 heterocycles. The van der Waals surface area contributed by atoms with E-state index in [0.717, 1.165) is 25.7 Å². The van der Waals surface area contributed by atoms with Gasteiger partial charge in [0.2, 0.25) is 0 Å². The van der Waals surface area contributed by atoms with Gasteiger partial charge in [0.15, 0.2) is 0 Å². The van der Waals surface area contributed by atoms with Gasteiger partial charge >= 0.3 is 17.9 Å². The van der Waals surface area contributed by atoms with Gasteiger partial charge in [-0.2, -0.15) is 0 Å². The lowest BCUT2D eigenvalue weighted by atomic mass is 9.91. The SMILES string of the molecule is CCCC(CC)CC/C(C(=O)OC)=C(\CC(=O)OC)C(=O)OC. The number of hydrogen-bond donors (Lipinski definition) is 0. The van der Waals surface area contributed by atoms with E-state index in [1.807, 2.05) is 0 Å². The van der Waals surface area contributed by atoms with Crippen LogP contribution in [0.5, 0.6) is 0 Å². The highest BCUT2D eigenvalue weighted by molar-refractivity contribution is 6.03. The molecule has 0 aliphatic carbocycles. The lowest BCUT2D eigenvalue weighted by Gasteiger charge is -2.16. The van der Waals surface area contributed by atoms with Gasteiger partial charge in [-0.15, -0.1) is 0 Å². The van der Waals surface area contributed by atoms with Gasteiger partial charge < -0.3 is 14.2 Å². The molecule has 0 aliphatic rings. The summed E-state index contributed by atoms with van der Waals surface area (Å²) in [6.45, 7) is 4.20. The summed E-state index contributed by atoms with van der Waals surface area (Å²) in [5.41, 5.74) is 0.205. The lowest BCUT2D eigenvalue weighted by Crippen LogP contribution is -2.18. The fourth-order valence-corrected chi connectivity index (χ4v) is 2.45. The molecule has 0 fully saturated rings. The molecular formula is C17H28O6. The molecule has 0 radical (unpaired) electrons. The van der Waals surface area contributed by atoms with Crippen LogP contribution in [-0.4, -0.2) is 39.2 Å². The zero-order valence-electron chi connectivity index (χ0n) is 14.8. The van der Waals surface area contributed by atoms with E-state index in [4.69, 9.17) is 9.47 Å². The Hall–Kier alpha value is -1.85. The van der Waals surface area contributed by atoms with Crippen LogP contribution in [0, 0.1) is 5.92 Å². The summed E-state index contributed by atoms with van der Waals surface area (Å²) in [7, 11) is 3.68. The highest BCUT2D eigenvalue weighted by Gasteiger charge is 2.25. The first-order chi connectivity index (χ1) is 10.9. The van der Waals surface area contributed by atoms with Crippen molar-refractivity contribution in [2.24, 2.45) is 5.92 Å². The summed E-state index contributed by atoms with van der Waals surface area (Å²) in [4.78, 5) is 35.6. The number of rotatable bonds is 10. The molecule has 0 spiro atoms. The lowest BCUT2D eigenvalue weighted by molar-refractivity contribution is -0.143. The van der Waals surface area contributed by atoms with Crippen molar-refractivity contribution in [3.63, 3.8) is 0 Å². The van der Waals surface area contributed by atoms with Crippen LogP contribution in [0.3, 0.4) is 0 Å². The second-order valence-corrected chi connectivity index (χ2v) is 5.29. The van der Waals surface area contributed by atoms with E-state index in [9.17, 15) is 14.4 Å². The maximum absolute atomic E-state index is 12.1. The standard InChI is InChI=1S/C17H28O6/c1-6-8-12(7-2)9-10-13(16(19)22-4)14(17(20)23-5)11-15(18)21-3/h12H,6-11H2,1-5H3/b14-13-. The van der Waals surface area contributed by atoms with E-state index in [1.54, 1.807) is 0 Å². The van der Waals surface area contributed by atoms with Gasteiger partial charge in [-0.1, -0.05) is 33.1 Å². The van der Waals surface area contributed by atoms with Crippen LogP contribution in [0.1, 0.15) is 52.4 Å². The van der Waals surface area contributed by atoms with E-state index < -0.39 is 17.9 Å². The zero-order valence-corrected chi connectivity index (χ0v) is 14.8. The fraction of sp³-hybridized carbons (Fsp3) is 0.706. The predicted molar refractivity (Wildman–Crippen MR) is 85.6 cm³/mol. The van der Waals surface area contributed by atoms with Gasteiger partial charge in [0.1, 0.15) is 0 Å². The number of methoxy groups -OCH3 is 3. The quantitative estimate of drug-likeness (QED) is 0.348. The van der Waals surface area contributed by atoms with Gasteiger partial charge in [0, 0.05) is 5.57 Å². The number of carbonyl (C=O) groups is 3. The second kappa shape index (κ2) is 11.7. The normalized spacial score (nSPS) is 12.9. The van der Waals surface area contributed by atoms with Gasteiger partial charge in [-0.05, 0) is 18.8 Å². The van der Waals surface area contributed by atoms with Crippen molar-refractivity contribution in [1.29, 1.82) is 0 Å². The third-order valence-electron chi connectivity index (χ3n) is 3.85. The second-order valence-electron chi connectivity index (χ2n) is 5.29. The Kier molecular flexibility index (Phi) is 10.7. The summed E-state index contributed by atoms with van der Waals surface area (Å²) >= 11 is 0. The first-order valence-corrected chi connectivity index (χ1v) is 7.90. The fourth-order valence-electron chi connectivity index (χ4n) is 2.45. The van der Waals surface area contributed by atoms with Crippen molar-refractivity contribution >= 4 is 17.9 Å². The van der Waals surface area contributed by atoms with Gasteiger partial charge in [0.05, 0.1) is 33.3 Å². The molecule has 0 aliphatic heterocycles. The van der Waals surface area contributed by atoms with Crippen LogP contribution in [0.25, 0.3) is 0 Å². The molecular weight excluding hydrogens is 300 g/mol. The highest BCUT2D eigenvalue weighted by atomic mass is 16.5. The molecule has 0 aromatic rings. The number of carbonyl (C=O) groups excluding carboxylic acids is 3. The van der Waals surface area contributed by atoms with Crippen molar-refractivity contribution in [3.05, 3.63) is 11.1 Å². The van der Waals surface area contributed by atoms with Gasteiger partial charge in [-0.3, -0.25) is 4.79 Å². The van der Waals surface area contributed by atoms with Crippen LogP contribution in [0.15, 0.2) is 11.1 Å². The molecule has 1 atom stereocenters. The molecule has 0 aromatic heterocycles. The average Bonchev–Trinajstić information content (AvgIpc) is 2.58. The minimum Gasteiger partial charge on any atom is -0.469 e. The number of hydrogen-bond acceptors (Lipinski definition) is 6. The van der Waals surface area contributed by atoms with Crippen LogP contribution >= 0.6 is 0 Å². The van der Waals surface area contributed by atoms with E-state index >= 15 is 0 Å². The summed E-state index contributed by atoms with van der Waals surface area (Å²) in [6.07, 6.45) is 3.91. The first-order valence-electron chi connectivity index (χ1n) is 7.90. The van der Waals surface area contributed by atoms with Crippen molar-refractivity contribution in [2.75, 3.05) is 21.3 Å². The molecule has 6 heteroatoms. The zero-order chi connectivity index (χ0) is 17.8. The molecule has 1 unspecified atom stereocenters. The Morgan fingerprint density at radius 2 is 1.39 bits per heavy atom. The van der Waals surface area contributed by atoms with Crippen molar-refractivity contribution < 1.29 is 28.6 Å². The molecule has 6 nitrogen and oxygen atoms in total. The Balaban J connectivity index is 5.50. The van der Waals surface area contributed by atoms with Crippen LogP contribution in [0.2, 0.25) is 0 Å². The van der Waals surface area contributed by atoms with E-state index in [-0.39, 0.29) is 17.6 Å². The minimum atomic E-state index is -0.709. The molecule has 0 rings (SSSR count). The van der Waals surface area contributed by atoms with Crippen LogP contribution < -0.4 is 0 Å². The summed E-state index contributed by atoms with van der Waals surface area (Å²) in [6, 6.07) is 0. The Bertz CT molecular complexity index is 438. The molecule has 0 N–H and O–H groups in total. The number of ether oxygens (including phenoxy) is 3. The monoisotopic (exact) mass is 328 g/mol. The minimum absolute atomic E-state index is 0.0116. The third kappa shape index (κ3) is 7.30. The third-order valence-corrected chi connectivity index (χ3v) is 3.85. The van der Waals surface area contributed by atoms with Crippen molar-refractivity contribution in [2.45, 2.75) is 52.4 Å². The Labute approximate surface area is 138 Å².